The number of hydrogen-bond acceptors (Lipinski definition) is 8. The van der Waals surface area contributed by atoms with E-state index in [1.807, 2.05) is 127 Å². The summed E-state index contributed by atoms with van der Waals surface area (Å²) in [5, 5.41) is 7.91. The van der Waals surface area contributed by atoms with Gasteiger partial charge >= 0.3 is 12.4 Å². The molecule has 4 saturated heterocycles. The summed E-state index contributed by atoms with van der Waals surface area (Å²) >= 11 is 75.4. The first-order valence-corrected chi connectivity index (χ1v) is 49.4. The molecule has 0 radical (unpaired) electrons. The molecule has 6 unspecified atom stereocenters. The van der Waals surface area contributed by atoms with Gasteiger partial charge in [-0.3, -0.25) is 19.6 Å². The van der Waals surface area contributed by atoms with Crippen LogP contribution in [0.15, 0.2) is 200 Å². The monoisotopic (exact) mass is 1970 g/mol. The van der Waals surface area contributed by atoms with E-state index >= 15 is 0 Å². The molecule has 26 heteroatoms. The van der Waals surface area contributed by atoms with E-state index < -0.39 is 24.2 Å². The molecule has 4 aliphatic heterocycles. The Hall–Kier alpha value is -4.92. The van der Waals surface area contributed by atoms with Crippen LogP contribution in [0.3, 0.4) is 0 Å². The second kappa shape index (κ2) is 44.5. The smallest absolute Gasteiger partial charge is 0.361 e. The van der Waals surface area contributed by atoms with Gasteiger partial charge in [0.25, 0.3) is 0 Å². The van der Waals surface area contributed by atoms with E-state index in [4.69, 9.17) is 139 Å². The number of benzene rings is 9. The molecule has 4 saturated carbocycles. The lowest BCUT2D eigenvalue weighted by Gasteiger charge is -2.48. The summed E-state index contributed by atoms with van der Waals surface area (Å²) in [4.78, 5) is 19.4. The Kier molecular flexibility index (Phi) is 34.4. The molecule has 8 nitrogen and oxygen atoms in total. The van der Waals surface area contributed by atoms with Crippen LogP contribution in [0.4, 0.5) is 49.1 Å². The highest BCUT2D eigenvalue weighted by Crippen LogP contribution is 2.49. The number of halogens is 18. The predicted molar refractivity (Wildman–Crippen MR) is 523 cm³/mol. The van der Waals surface area contributed by atoms with Crippen molar-refractivity contribution in [2.75, 3.05) is 98.1 Å². The van der Waals surface area contributed by atoms with Crippen LogP contribution in [0.25, 0.3) is 0 Å². The number of anilines is 4. The molecule has 6 atom stereocenters. The van der Waals surface area contributed by atoms with E-state index in [0.717, 1.165) is 115 Å². The van der Waals surface area contributed by atoms with Crippen molar-refractivity contribution in [3.05, 3.63) is 288 Å². The zero-order valence-corrected chi connectivity index (χ0v) is 80.9. The molecular weight excluding hydrogens is 1860 g/mol. The van der Waals surface area contributed by atoms with Crippen molar-refractivity contribution in [2.45, 2.75) is 197 Å². The van der Waals surface area contributed by atoms with Crippen LogP contribution in [0, 0.1) is 23.2 Å². The highest BCUT2D eigenvalue weighted by molar-refractivity contribution is 6.38. The third-order valence-corrected chi connectivity index (χ3v) is 31.7. The van der Waals surface area contributed by atoms with Gasteiger partial charge in [-0.05, 0) is 263 Å². The van der Waals surface area contributed by atoms with E-state index in [1.54, 1.807) is 12.1 Å². The van der Waals surface area contributed by atoms with Crippen LogP contribution in [0.2, 0.25) is 60.3 Å². The van der Waals surface area contributed by atoms with Crippen LogP contribution in [0.5, 0.6) is 0 Å². The Bertz CT molecular complexity index is 5020. The van der Waals surface area contributed by atoms with E-state index in [-0.39, 0.29) is 61.9 Å². The van der Waals surface area contributed by atoms with Crippen LogP contribution < -0.4 is 19.6 Å². The summed E-state index contributed by atoms with van der Waals surface area (Å²) in [5.74, 6) is -0.817. The second-order valence-corrected chi connectivity index (χ2v) is 41.4. The van der Waals surface area contributed by atoms with Crippen LogP contribution >= 0.6 is 139 Å². The summed E-state index contributed by atoms with van der Waals surface area (Å²) in [6.07, 6.45) is 6.85. The van der Waals surface area contributed by atoms with Crippen molar-refractivity contribution in [3.63, 3.8) is 0 Å². The van der Waals surface area contributed by atoms with Gasteiger partial charge in [0.05, 0.1) is 78.8 Å². The third kappa shape index (κ3) is 25.4. The highest BCUT2D eigenvalue weighted by Gasteiger charge is 2.47. The molecule has 682 valence electrons. The lowest BCUT2D eigenvalue weighted by molar-refractivity contribution is -0.187. The molecule has 9 aromatic carbocycles. The minimum atomic E-state index is -4.12. The molecular formula is C101H112Cl12F6N8. The van der Waals surface area contributed by atoms with Crippen LogP contribution in [-0.4, -0.2) is 135 Å². The first-order valence-electron chi connectivity index (χ1n) is 44.8. The molecule has 0 spiro atoms. The second-order valence-electron chi connectivity index (χ2n) is 36.3. The zero-order valence-electron chi connectivity index (χ0n) is 71.9. The van der Waals surface area contributed by atoms with Gasteiger partial charge in [0.2, 0.25) is 0 Å². The fraction of sp³-hybridized carbons (Fsp3) is 0.465. The lowest BCUT2D eigenvalue weighted by Crippen LogP contribution is -2.53. The van der Waals surface area contributed by atoms with Gasteiger partial charge in [-0.25, -0.2) is 0 Å². The Morgan fingerprint density at radius 2 is 0.551 bits per heavy atom. The van der Waals surface area contributed by atoms with Crippen molar-refractivity contribution < 1.29 is 26.3 Å². The van der Waals surface area contributed by atoms with Gasteiger partial charge in [-0.1, -0.05) is 252 Å². The van der Waals surface area contributed by atoms with Gasteiger partial charge < -0.3 is 19.6 Å². The van der Waals surface area contributed by atoms with Gasteiger partial charge in [0.1, 0.15) is 0 Å². The SMILES string of the molecule is CCC(C)(C)C1CCC(N2CCN(c3ccc(Cl)cc3Cl)C(c3ccc(Cl)cc3)C2)CC1.Clc1ccc(C2CN(C3CCC(c4ccccc4)CC3)CCN2c2ccc(Cl)cc2Cl)cc1.FC(F)(F)C1CCC(N2CCN(c3ccc(Cl)cc3Cl)C(c3ccc(Cl)cc3)C2)CC1.FC(F)(F)C1CCCC(N2CCN(c3ccc(Cl)cc3Cl)C(c3ccc(Cl)cc3)C2)C1. The molecule has 4 heterocycles. The average molecular weight is 1980 g/mol. The van der Waals surface area contributed by atoms with E-state index in [1.165, 1.54) is 74.5 Å². The standard InChI is InChI=1S/C28H29Cl3N2.C27H35Cl3N2.2C23H24Cl3F3N2/c29-23-10-6-22(7-11-23)28-19-32(16-17-33(28)27-15-12-24(30)18-26(27)31)25-13-8-21(9-14-25)20-4-2-1-3-5-20;1-4-27(2,3)20-7-12-23(13-8-20)31-15-16-32(25-14-11-22(29)17-24(25)30)26(18-31)19-5-9-21(28)10-6-19;24-17-5-1-15(2-6-17)22-14-30(19-8-3-16(4-9-19)23(27,28)29)11-12-31(22)21-10-7-18(25)13-20(21)26;24-17-6-4-15(5-7-17)22-14-30(19-3-1-2-16(12-19)23(27,28)29)10-11-31(22)21-9-8-18(25)13-20(21)26/h1-7,10-12,15,18,21,25,28H,8-9,13-14,16-17,19H2;5-6,9-11,14,17,20,23,26H,4,7-8,12-13,15-16,18H2,1-3H3;1-2,5-7,10,13,16,19,22H,3-4,8-9,11-12,14H2;4-9,13,16,19,22H,1-3,10-12,14H2. The quantitative estimate of drug-likeness (QED) is 0.0937. The molecule has 8 fully saturated rings. The number of alkyl halides is 6. The van der Waals surface area contributed by atoms with Crippen molar-refractivity contribution in [3.8, 4) is 0 Å². The molecule has 0 amide bonds. The molecule has 0 aromatic heterocycles. The van der Waals surface area contributed by atoms with E-state index in [9.17, 15) is 26.3 Å². The zero-order chi connectivity index (χ0) is 90.0. The minimum absolute atomic E-state index is 0.0185. The Balaban J connectivity index is 0.000000137. The summed E-state index contributed by atoms with van der Waals surface area (Å²) in [6, 6.07) is 67.5. The largest absolute Gasteiger partial charge is 0.391 e. The molecule has 17 rings (SSSR count). The average Bonchev–Trinajstić information content (AvgIpc) is 0.791. The maximum Gasteiger partial charge on any atom is 0.391 e. The molecule has 127 heavy (non-hydrogen) atoms. The van der Waals surface area contributed by atoms with Gasteiger partial charge in [-0.2, -0.15) is 26.3 Å². The van der Waals surface area contributed by atoms with Crippen LogP contribution in [0.1, 0.15) is 188 Å². The fourth-order valence-electron chi connectivity index (χ4n) is 21.0. The Labute approximate surface area is 807 Å². The predicted octanol–water partition coefficient (Wildman–Crippen LogP) is 32.0. The Morgan fingerprint density at radius 1 is 0.276 bits per heavy atom. The summed E-state index contributed by atoms with van der Waals surface area (Å²) < 4.78 is 79.3. The summed E-state index contributed by atoms with van der Waals surface area (Å²) in [6.45, 7) is 17.5. The fourth-order valence-corrected chi connectivity index (χ4v) is 23.6. The van der Waals surface area contributed by atoms with Crippen molar-refractivity contribution in [1.82, 2.24) is 19.6 Å². The third-order valence-electron chi connectivity index (χ3n) is 28.6. The highest BCUT2D eigenvalue weighted by atomic mass is 35.5. The summed E-state index contributed by atoms with van der Waals surface area (Å²) in [7, 11) is 0. The maximum atomic E-state index is 13.4. The normalized spacial score (nSPS) is 25.1. The first-order chi connectivity index (χ1) is 60.8. The van der Waals surface area contributed by atoms with Crippen LogP contribution in [-0.2, 0) is 0 Å². The molecule has 8 aliphatic rings. The minimum Gasteiger partial charge on any atom is -0.361 e. The molecule has 0 N–H and O–H groups in total. The number of piperazine rings is 4. The van der Waals surface area contributed by atoms with Gasteiger partial charge in [0, 0.05) is 143 Å². The first kappa shape index (κ1) is 98.1. The number of nitrogens with zero attached hydrogens (tertiary/aromatic N) is 8. The maximum absolute atomic E-state index is 13.4. The molecule has 0 bridgehead atoms. The summed E-state index contributed by atoms with van der Waals surface area (Å²) in [5.41, 5.74) is 10.6. The number of hydrogen-bond donors (Lipinski definition) is 0. The molecule has 9 aromatic rings. The van der Waals surface area contributed by atoms with Gasteiger partial charge in [-0.15, -0.1) is 0 Å². The topological polar surface area (TPSA) is 25.9 Å². The molecule has 4 aliphatic carbocycles. The lowest BCUT2D eigenvalue weighted by atomic mass is 9.68. The Morgan fingerprint density at radius 3 is 0.835 bits per heavy atom. The number of rotatable bonds is 15. The van der Waals surface area contributed by atoms with E-state index in [0.29, 0.717) is 113 Å². The van der Waals surface area contributed by atoms with Gasteiger partial charge in [0.15, 0.2) is 0 Å². The van der Waals surface area contributed by atoms with Crippen molar-refractivity contribution >= 4 is 162 Å². The van der Waals surface area contributed by atoms with Crippen molar-refractivity contribution in [1.29, 1.82) is 0 Å². The van der Waals surface area contributed by atoms with E-state index in [2.05, 4.69) is 121 Å². The van der Waals surface area contributed by atoms with Crippen molar-refractivity contribution in [2.24, 2.45) is 23.2 Å².